The van der Waals surface area contributed by atoms with E-state index in [-0.39, 0.29) is 18.3 Å². The smallest absolute Gasteiger partial charge is 0.257 e. The summed E-state index contributed by atoms with van der Waals surface area (Å²) in [6.07, 6.45) is 5.53. The highest BCUT2D eigenvalue weighted by Crippen LogP contribution is 2.31. The van der Waals surface area contributed by atoms with E-state index in [0.29, 0.717) is 5.56 Å². The number of nitrogens with one attached hydrogen (secondary N) is 1. The Morgan fingerprint density at radius 1 is 1.30 bits per heavy atom. The predicted octanol–water partition coefficient (Wildman–Crippen LogP) is 3.79. The topological polar surface area (TPSA) is 42.0 Å². The molecule has 1 aromatic heterocycles. The van der Waals surface area contributed by atoms with Crippen LogP contribution in [0.25, 0.3) is 0 Å². The number of carbonyl (C=O) groups is 1. The lowest BCUT2D eigenvalue weighted by Gasteiger charge is -2.16. The van der Waals surface area contributed by atoms with Gasteiger partial charge in [-0.05, 0) is 54.5 Å². The zero-order valence-electron chi connectivity index (χ0n) is 10.8. The molecule has 5 heteroatoms. The van der Waals surface area contributed by atoms with Crippen molar-refractivity contribution in [3.8, 4) is 0 Å². The number of carbonyl (C=O) groups excluding carboxylic acids is 1. The zero-order chi connectivity index (χ0) is 13.1. The predicted molar refractivity (Wildman–Crippen MR) is 84.9 cm³/mol. The molecule has 2 heterocycles. The van der Waals surface area contributed by atoms with Crippen LogP contribution in [0.2, 0.25) is 0 Å². The molecule has 1 N–H and O–H groups in total. The third-order valence-corrected chi connectivity index (χ3v) is 4.29. The fourth-order valence-corrected chi connectivity index (χ4v) is 3.16. The molecular formula is C15H15ClN2OS. The number of aryl methyl sites for hydroxylation is 1. The third kappa shape index (κ3) is 3.32. The molecule has 1 amide bonds. The number of nitrogens with zero attached hydrogens (tertiary/aromatic N) is 1. The minimum atomic E-state index is -0.114. The van der Waals surface area contributed by atoms with E-state index in [1.165, 1.54) is 22.6 Å². The quantitative estimate of drug-likeness (QED) is 0.917. The molecule has 0 radical (unpaired) electrons. The van der Waals surface area contributed by atoms with Crippen LogP contribution in [0, 0.1) is 0 Å². The van der Waals surface area contributed by atoms with E-state index in [1.807, 2.05) is 17.8 Å². The maximum atomic E-state index is 12.0. The van der Waals surface area contributed by atoms with Gasteiger partial charge < -0.3 is 5.32 Å². The van der Waals surface area contributed by atoms with Gasteiger partial charge in [-0.3, -0.25) is 9.78 Å². The Balaban J connectivity index is 0.00000147. The second kappa shape index (κ2) is 6.77. The molecule has 0 unspecified atom stereocenters. The summed E-state index contributed by atoms with van der Waals surface area (Å²) in [4.78, 5) is 17.3. The number of halogens is 1. The molecule has 0 saturated heterocycles. The number of hydrogen-bond donors (Lipinski definition) is 1. The van der Waals surface area contributed by atoms with Crippen molar-refractivity contribution in [1.29, 1.82) is 0 Å². The molecule has 104 valence electrons. The van der Waals surface area contributed by atoms with Gasteiger partial charge in [-0.2, -0.15) is 0 Å². The van der Waals surface area contributed by atoms with Crippen molar-refractivity contribution in [3.63, 3.8) is 0 Å². The van der Waals surface area contributed by atoms with Gasteiger partial charge in [-0.15, -0.1) is 24.2 Å². The first kappa shape index (κ1) is 14.9. The highest BCUT2D eigenvalue weighted by atomic mass is 35.5. The Labute approximate surface area is 128 Å². The van der Waals surface area contributed by atoms with E-state index < -0.39 is 0 Å². The molecule has 1 aromatic carbocycles. The number of hydrogen-bond acceptors (Lipinski definition) is 3. The van der Waals surface area contributed by atoms with Gasteiger partial charge in [0.2, 0.25) is 0 Å². The van der Waals surface area contributed by atoms with Crippen LogP contribution in [0.1, 0.15) is 22.3 Å². The van der Waals surface area contributed by atoms with Gasteiger partial charge in [0, 0.05) is 23.0 Å². The van der Waals surface area contributed by atoms with Crippen molar-refractivity contribution in [2.45, 2.75) is 17.7 Å². The molecule has 0 aliphatic carbocycles. The molecule has 0 saturated carbocycles. The summed E-state index contributed by atoms with van der Waals surface area (Å²) in [5, 5.41) is 2.92. The first-order valence-electron chi connectivity index (χ1n) is 6.30. The van der Waals surface area contributed by atoms with E-state index in [2.05, 4.69) is 22.4 Å². The van der Waals surface area contributed by atoms with Crippen LogP contribution < -0.4 is 5.32 Å². The molecule has 1 aliphatic heterocycles. The van der Waals surface area contributed by atoms with Crippen LogP contribution in [0.3, 0.4) is 0 Å². The number of amides is 1. The SMILES string of the molecule is Cl.O=C(Nc1ccc2c(c1)CCCS2)c1cccnc1. The van der Waals surface area contributed by atoms with Crippen molar-refractivity contribution in [2.75, 3.05) is 11.1 Å². The van der Waals surface area contributed by atoms with Gasteiger partial charge in [0.05, 0.1) is 5.56 Å². The lowest BCUT2D eigenvalue weighted by molar-refractivity contribution is 0.102. The molecule has 0 bridgehead atoms. The average molecular weight is 307 g/mol. The summed E-state index contributed by atoms with van der Waals surface area (Å²) in [6.45, 7) is 0. The van der Waals surface area contributed by atoms with Crippen molar-refractivity contribution in [3.05, 3.63) is 53.9 Å². The van der Waals surface area contributed by atoms with Gasteiger partial charge in [-0.1, -0.05) is 0 Å². The second-order valence-electron chi connectivity index (χ2n) is 4.47. The molecule has 3 rings (SSSR count). The number of pyridine rings is 1. The number of aromatic nitrogens is 1. The van der Waals surface area contributed by atoms with Crippen molar-refractivity contribution >= 4 is 35.8 Å². The van der Waals surface area contributed by atoms with Crippen LogP contribution in [0.5, 0.6) is 0 Å². The number of fused-ring (bicyclic) bond motifs is 1. The van der Waals surface area contributed by atoms with Gasteiger partial charge in [0.1, 0.15) is 0 Å². The van der Waals surface area contributed by atoms with Gasteiger partial charge >= 0.3 is 0 Å². The third-order valence-electron chi connectivity index (χ3n) is 3.09. The Hall–Kier alpha value is -1.52. The summed E-state index contributed by atoms with van der Waals surface area (Å²) in [5.74, 6) is 1.07. The minimum absolute atomic E-state index is 0. The van der Waals surface area contributed by atoms with E-state index >= 15 is 0 Å². The number of thioether (sulfide) groups is 1. The molecule has 3 nitrogen and oxygen atoms in total. The molecular weight excluding hydrogens is 292 g/mol. The Bertz CT molecular complexity index is 604. The Morgan fingerprint density at radius 2 is 2.20 bits per heavy atom. The van der Waals surface area contributed by atoms with E-state index in [0.717, 1.165) is 12.1 Å². The zero-order valence-corrected chi connectivity index (χ0v) is 12.5. The monoisotopic (exact) mass is 306 g/mol. The van der Waals surface area contributed by atoms with Crippen molar-refractivity contribution in [1.82, 2.24) is 4.98 Å². The maximum absolute atomic E-state index is 12.0. The van der Waals surface area contributed by atoms with E-state index in [4.69, 9.17) is 0 Å². The minimum Gasteiger partial charge on any atom is -0.322 e. The first-order valence-corrected chi connectivity index (χ1v) is 7.28. The number of benzene rings is 1. The molecule has 2 aromatic rings. The standard InChI is InChI=1S/C15H14N2OS.ClH/c18-15(12-3-1-7-16-10-12)17-13-5-6-14-11(9-13)4-2-8-19-14;/h1,3,5-7,9-10H,2,4,8H2,(H,17,18);1H. The summed E-state index contributed by atoms with van der Waals surface area (Å²) in [7, 11) is 0. The molecule has 0 atom stereocenters. The fourth-order valence-electron chi connectivity index (χ4n) is 2.14. The fraction of sp³-hybridized carbons (Fsp3) is 0.200. The lowest BCUT2D eigenvalue weighted by Crippen LogP contribution is -2.12. The van der Waals surface area contributed by atoms with Gasteiger partial charge in [0.15, 0.2) is 0 Å². The Morgan fingerprint density at radius 3 is 3.00 bits per heavy atom. The molecule has 0 spiro atoms. The number of anilines is 1. The Kier molecular flexibility index (Phi) is 5.04. The highest BCUT2D eigenvalue weighted by Gasteiger charge is 2.11. The normalized spacial score (nSPS) is 13.0. The van der Waals surface area contributed by atoms with Crippen LogP contribution in [-0.4, -0.2) is 16.6 Å². The molecule has 20 heavy (non-hydrogen) atoms. The number of rotatable bonds is 2. The largest absolute Gasteiger partial charge is 0.322 e. The van der Waals surface area contributed by atoms with Crippen LogP contribution in [-0.2, 0) is 6.42 Å². The van der Waals surface area contributed by atoms with E-state index in [9.17, 15) is 4.79 Å². The van der Waals surface area contributed by atoms with Gasteiger partial charge in [0.25, 0.3) is 5.91 Å². The second-order valence-corrected chi connectivity index (χ2v) is 5.61. The van der Waals surface area contributed by atoms with Crippen molar-refractivity contribution < 1.29 is 4.79 Å². The maximum Gasteiger partial charge on any atom is 0.257 e. The molecule has 1 aliphatic rings. The summed E-state index contributed by atoms with van der Waals surface area (Å²) < 4.78 is 0. The summed E-state index contributed by atoms with van der Waals surface area (Å²) in [6, 6.07) is 9.66. The lowest BCUT2D eigenvalue weighted by atomic mass is 10.1. The van der Waals surface area contributed by atoms with Crippen molar-refractivity contribution in [2.24, 2.45) is 0 Å². The highest BCUT2D eigenvalue weighted by molar-refractivity contribution is 7.99. The van der Waals surface area contributed by atoms with Gasteiger partial charge in [-0.25, -0.2) is 0 Å². The van der Waals surface area contributed by atoms with Crippen LogP contribution >= 0.6 is 24.2 Å². The average Bonchev–Trinajstić information content (AvgIpc) is 2.48. The summed E-state index contributed by atoms with van der Waals surface area (Å²) in [5.41, 5.74) is 2.77. The first-order chi connectivity index (χ1) is 9.33. The van der Waals surface area contributed by atoms with E-state index in [1.54, 1.807) is 24.5 Å². The van der Waals surface area contributed by atoms with Crippen LogP contribution in [0.15, 0.2) is 47.6 Å². The molecule has 0 fully saturated rings. The summed E-state index contributed by atoms with van der Waals surface area (Å²) >= 11 is 1.89. The van der Waals surface area contributed by atoms with Crippen LogP contribution in [0.4, 0.5) is 5.69 Å².